The van der Waals surface area contributed by atoms with Crippen molar-refractivity contribution in [2.24, 2.45) is 5.10 Å². The number of aliphatic hydroxyl groups excluding tert-OH is 1. The zero-order valence-corrected chi connectivity index (χ0v) is 19.1. The Kier molecular flexibility index (Phi) is 6.42. The summed E-state index contributed by atoms with van der Waals surface area (Å²) >= 11 is 0. The number of amides is 1. The Morgan fingerprint density at radius 1 is 1.21 bits per heavy atom. The topological polar surface area (TPSA) is 104 Å². The molecule has 2 aromatic carbocycles. The van der Waals surface area contributed by atoms with Crippen LogP contribution in [0.2, 0.25) is 0 Å². The van der Waals surface area contributed by atoms with Crippen molar-refractivity contribution in [3.63, 3.8) is 0 Å². The number of nitrogen functional groups attached to an aromatic ring is 1. The fraction of sp³-hybridized carbons (Fsp3) is 0.269. The Morgan fingerprint density at radius 3 is 2.61 bits per heavy atom. The molecule has 7 nitrogen and oxygen atoms in total. The first-order valence-corrected chi connectivity index (χ1v) is 11.0. The van der Waals surface area contributed by atoms with Crippen LogP contribution >= 0.6 is 0 Å². The molecule has 3 unspecified atom stereocenters. The van der Waals surface area contributed by atoms with Gasteiger partial charge in [-0.2, -0.15) is 5.10 Å². The Balaban J connectivity index is 1.58. The van der Waals surface area contributed by atoms with Crippen LogP contribution < -0.4 is 11.1 Å². The average molecular weight is 444 g/mol. The van der Waals surface area contributed by atoms with Gasteiger partial charge in [0.15, 0.2) is 0 Å². The van der Waals surface area contributed by atoms with Crippen molar-refractivity contribution in [3.8, 4) is 11.1 Å². The summed E-state index contributed by atoms with van der Waals surface area (Å²) in [4.78, 5) is 17.4. The molecule has 1 aliphatic rings. The number of benzene rings is 2. The number of carbonyl (C=O) groups excluding carboxylic acids is 1. The summed E-state index contributed by atoms with van der Waals surface area (Å²) in [5.41, 5.74) is 11.2. The second kappa shape index (κ2) is 9.42. The maximum absolute atomic E-state index is 12.9. The average Bonchev–Trinajstić information content (AvgIpc) is 3.16. The molecular weight excluding hydrogens is 414 g/mol. The molecule has 0 spiro atoms. The first-order valence-electron chi connectivity index (χ1n) is 11.0. The Morgan fingerprint density at radius 2 is 1.97 bits per heavy atom. The zero-order chi connectivity index (χ0) is 23.5. The summed E-state index contributed by atoms with van der Waals surface area (Å²) in [6.07, 6.45) is 3.74. The van der Waals surface area contributed by atoms with E-state index in [2.05, 4.69) is 28.4 Å². The summed E-state index contributed by atoms with van der Waals surface area (Å²) in [6, 6.07) is 16.9. The predicted molar refractivity (Wildman–Crippen MR) is 131 cm³/mol. The third kappa shape index (κ3) is 4.59. The van der Waals surface area contributed by atoms with Crippen LogP contribution in [0.4, 0.5) is 5.82 Å². The molecule has 33 heavy (non-hydrogen) atoms. The summed E-state index contributed by atoms with van der Waals surface area (Å²) in [5, 5.41) is 19.0. The third-order valence-electron chi connectivity index (χ3n) is 6.31. The number of likely N-dealkylation sites (N-methyl/N-ethyl adjacent to an activating group) is 1. The molecule has 0 saturated heterocycles. The van der Waals surface area contributed by atoms with E-state index in [1.165, 1.54) is 0 Å². The highest BCUT2D eigenvalue weighted by Gasteiger charge is 2.27. The molecule has 4 rings (SSSR count). The van der Waals surface area contributed by atoms with Crippen molar-refractivity contribution in [2.45, 2.75) is 31.8 Å². The van der Waals surface area contributed by atoms with Crippen LogP contribution in [0, 0.1) is 6.92 Å². The lowest BCUT2D eigenvalue weighted by atomic mass is 9.92. The number of pyridine rings is 1. The molecular formula is C26H29N5O2. The van der Waals surface area contributed by atoms with Gasteiger partial charge in [0.2, 0.25) is 0 Å². The molecule has 3 aromatic rings. The van der Waals surface area contributed by atoms with Gasteiger partial charge >= 0.3 is 0 Å². The lowest BCUT2D eigenvalue weighted by Crippen LogP contribution is -2.31. The van der Waals surface area contributed by atoms with E-state index in [1.54, 1.807) is 12.3 Å². The van der Waals surface area contributed by atoms with Gasteiger partial charge < -0.3 is 16.2 Å². The van der Waals surface area contributed by atoms with Crippen LogP contribution in [0.5, 0.6) is 0 Å². The molecule has 4 N–H and O–H groups in total. The number of aryl methyl sites for hydroxylation is 1. The second-order valence-corrected chi connectivity index (χ2v) is 8.46. The second-order valence-electron chi connectivity index (χ2n) is 8.46. The number of aromatic nitrogens is 1. The van der Waals surface area contributed by atoms with Crippen LogP contribution in [-0.4, -0.2) is 46.9 Å². The van der Waals surface area contributed by atoms with Gasteiger partial charge in [-0.25, -0.2) is 4.98 Å². The lowest BCUT2D eigenvalue weighted by Gasteiger charge is -2.21. The minimum atomic E-state index is -0.470. The number of aliphatic hydroxyl groups is 1. The van der Waals surface area contributed by atoms with Crippen LogP contribution in [-0.2, 0) is 0 Å². The van der Waals surface area contributed by atoms with Crippen molar-refractivity contribution < 1.29 is 9.90 Å². The smallest absolute Gasteiger partial charge is 0.252 e. The summed E-state index contributed by atoms with van der Waals surface area (Å²) in [5.74, 6) is 0.345. The SMILES string of the molecule is Cc1cc(-c2cc(C3C=NN(C)C3C)cnc2N)ccc1C(=O)NC(CO)c1ccccc1. The van der Waals surface area contributed by atoms with E-state index < -0.39 is 6.04 Å². The number of hydrogen-bond acceptors (Lipinski definition) is 6. The zero-order valence-electron chi connectivity index (χ0n) is 19.1. The van der Waals surface area contributed by atoms with Crippen molar-refractivity contribution in [3.05, 3.63) is 83.0 Å². The standard InChI is InChI=1S/C26H29N5O2/c1-16-11-19(22-12-20(13-28-25(22)27)23-14-29-31(3)17(23)2)9-10-21(16)26(33)30-24(15-32)18-7-5-4-6-8-18/h4-14,17,23-24,32H,15H2,1-3H3,(H2,27,28)(H,30,33). The number of hydrogen-bond donors (Lipinski definition) is 3. The minimum absolute atomic E-state index is 0.140. The molecule has 2 heterocycles. The Labute approximate surface area is 194 Å². The van der Waals surface area contributed by atoms with Gasteiger partial charge in [-0.1, -0.05) is 42.5 Å². The van der Waals surface area contributed by atoms with Gasteiger partial charge in [-0.3, -0.25) is 9.80 Å². The first kappa shape index (κ1) is 22.5. The van der Waals surface area contributed by atoms with Crippen molar-refractivity contribution in [1.29, 1.82) is 0 Å². The maximum Gasteiger partial charge on any atom is 0.252 e. The van der Waals surface area contributed by atoms with Crippen LogP contribution in [0.1, 0.15) is 45.9 Å². The molecule has 0 radical (unpaired) electrons. The fourth-order valence-electron chi connectivity index (χ4n) is 4.15. The normalized spacial score (nSPS) is 18.4. The van der Waals surface area contributed by atoms with E-state index in [1.807, 2.05) is 67.7 Å². The van der Waals surface area contributed by atoms with E-state index >= 15 is 0 Å². The van der Waals surface area contributed by atoms with E-state index in [4.69, 9.17) is 5.73 Å². The summed E-state index contributed by atoms with van der Waals surface area (Å²) < 4.78 is 0. The number of rotatable bonds is 6. The first-order chi connectivity index (χ1) is 15.9. The van der Waals surface area contributed by atoms with Gasteiger partial charge in [-0.15, -0.1) is 0 Å². The fourth-order valence-corrected chi connectivity index (χ4v) is 4.15. The van der Waals surface area contributed by atoms with E-state index in [0.717, 1.165) is 27.8 Å². The van der Waals surface area contributed by atoms with Gasteiger partial charge in [-0.05, 0) is 48.2 Å². The number of nitrogens with zero attached hydrogens (tertiary/aromatic N) is 3. The van der Waals surface area contributed by atoms with E-state index in [0.29, 0.717) is 11.4 Å². The molecule has 170 valence electrons. The van der Waals surface area contributed by atoms with Gasteiger partial charge in [0.25, 0.3) is 5.91 Å². The number of hydrazone groups is 1. The number of carbonyl (C=O) groups is 1. The highest BCUT2D eigenvalue weighted by Crippen LogP contribution is 2.32. The molecule has 0 bridgehead atoms. The van der Waals surface area contributed by atoms with Crippen LogP contribution in [0.15, 0.2) is 65.9 Å². The van der Waals surface area contributed by atoms with Crippen LogP contribution in [0.25, 0.3) is 11.1 Å². The summed E-state index contributed by atoms with van der Waals surface area (Å²) in [6.45, 7) is 3.84. The third-order valence-corrected chi connectivity index (χ3v) is 6.31. The van der Waals surface area contributed by atoms with Gasteiger partial charge in [0, 0.05) is 36.5 Å². The van der Waals surface area contributed by atoms with Gasteiger partial charge in [0.05, 0.1) is 18.7 Å². The maximum atomic E-state index is 12.9. The number of nitrogens with two attached hydrogens (primary N) is 1. The molecule has 1 amide bonds. The lowest BCUT2D eigenvalue weighted by molar-refractivity contribution is 0.0915. The van der Waals surface area contributed by atoms with Crippen LogP contribution in [0.3, 0.4) is 0 Å². The molecule has 1 aliphatic heterocycles. The predicted octanol–water partition coefficient (Wildman–Crippen LogP) is 3.51. The highest BCUT2D eigenvalue weighted by atomic mass is 16.3. The number of anilines is 1. The molecule has 0 aliphatic carbocycles. The molecule has 7 heteroatoms. The molecule has 1 aromatic heterocycles. The van der Waals surface area contributed by atoms with Crippen molar-refractivity contribution in [1.82, 2.24) is 15.3 Å². The highest BCUT2D eigenvalue weighted by molar-refractivity contribution is 5.96. The van der Waals surface area contributed by atoms with Crippen molar-refractivity contribution >= 4 is 17.9 Å². The van der Waals surface area contributed by atoms with E-state index in [9.17, 15) is 9.90 Å². The largest absolute Gasteiger partial charge is 0.394 e. The Hall–Kier alpha value is -3.71. The molecule has 3 atom stereocenters. The van der Waals surface area contributed by atoms with Crippen molar-refractivity contribution in [2.75, 3.05) is 19.4 Å². The number of nitrogens with one attached hydrogen (secondary N) is 1. The molecule has 0 saturated carbocycles. The monoisotopic (exact) mass is 443 g/mol. The quantitative estimate of drug-likeness (QED) is 0.541. The summed E-state index contributed by atoms with van der Waals surface area (Å²) in [7, 11) is 1.96. The van der Waals surface area contributed by atoms with Gasteiger partial charge in [0.1, 0.15) is 5.82 Å². The minimum Gasteiger partial charge on any atom is -0.394 e. The Bertz CT molecular complexity index is 1180. The molecule has 0 fully saturated rings. The van der Waals surface area contributed by atoms with E-state index in [-0.39, 0.29) is 24.5 Å².